The van der Waals surface area contributed by atoms with Crippen LogP contribution >= 0.6 is 0 Å². The maximum Gasteiger partial charge on any atom is 0.272 e. The van der Waals surface area contributed by atoms with E-state index in [0.29, 0.717) is 25.9 Å². The van der Waals surface area contributed by atoms with Crippen molar-refractivity contribution >= 4 is 27.7 Å². The van der Waals surface area contributed by atoms with Crippen molar-refractivity contribution in [2.45, 2.75) is 30.2 Å². The molecule has 1 aliphatic heterocycles. The number of carbonyl (C=O) groups excluding carboxylic acids is 1. The highest BCUT2D eigenvalue weighted by Crippen LogP contribution is 2.26. The predicted octanol–water partition coefficient (Wildman–Crippen LogP) is 2.80. The second-order valence-corrected chi connectivity index (χ2v) is 9.14. The molecule has 0 bridgehead atoms. The van der Waals surface area contributed by atoms with Crippen LogP contribution in [0.5, 0.6) is 5.75 Å². The minimum atomic E-state index is -3.77. The van der Waals surface area contributed by atoms with E-state index in [1.165, 1.54) is 30.3 Å². The first-order valence-corrected chi connectivity index (χ1v) is 11.8. The SMILES string of the molecule is O=C(/C=C/c1ccccc1N1CCC(NS(=O)(=O)c2ccc(OCC(F)F)cc2)CC1)NO. The number of para-hydroxylation sites is 1. The molecule has 0 aliphatic carbocycles. The number of hydrogen-bond acceptors (Lipinski definition) is 6. The van der Waals surface area contributed by atoms with Gasteiger partial charge in [-0.1, -0.05) is 18.2 Å². The number of anilines is 1. The van der Waals surface area contributed by atoms with E-state index >= 15 is 0 Å². The summed E-state index contributed by atoms with van der Waals surface area (Å²) in [6.07, 6.45) is 1.37. The average Bonchev–Trinajstić information content (AvgIpc) is 2.82. The number of alkyl halides is 2. The Morgan fingerprint density at radius 3 is 2.45 bits per heavy atom. The number of sulfonamides is 1. The first kappa shape index (κ1) is 24.6. The lowest BCUT2D eigenvalue weighted by molar-refractivity contribution is -0.124. The molecule has 11 heteroatoms. The van der Waals surface area contributed by atoms with Crippen molar-refractivity contribution in [2.24, 2.45) is 0 Å². The van der Waals surface area contributed by atoms with Gasteiger partial charge in [-0.2, -0.15) is 0 Å². The topological polar surface area (TPSA) is 108 Å². The number of nitrogens with one attached hydrogen (secondary N) is 2. The summed E-state index contributed by atoms with van der Waals surface area (Å²) < 4.78 is 57.5. The minimum Gasteiger partial charge on any atom is -0.488 e. The molecule has 33 heavy (non-hydrogen) atoms. The lowest BCUT2D eigenvalue weighted by Crippen LogP contribution is -2.44. The highest BCUT2D eigenvalue weighted by Gasteiger charge is 2.25. The molecule has 2 aromatic rings. The zero-order chi connectivity index (χ0) is 23.8. The summed E-state index contributed by atoms with van der Waals surface area (Å²) in [5.74, 6) is -0.460. The minimum absolute atomic E-state index is 0.0342. The van der Waals surface area contributed by atoms with Crippen LogP contribution in [0.2, 0.25) is 0 Å². The fourth-order valence-electron chi connectivity index (χ4n) is 3.52. The predicted molar refractivity (Wildman–Crippen MR) is 119 cm³/mol. The number of benzene rings is 2. The molecule has 1 saturated heterocycles. The van der Waals surface area contributed by atoms with Crippen LogP contribution < -0.4 is 19.8 Å². The Morgan fingerprint density at radius 2 is 1.82 bits per heavy atom. The third kappa shape index (κ3) is 6.98. The van der Waals surface area contributed by atoms with Crippen molar-refractivity contribution in [3.8, 4) is 5.75 Å². The summed E-state index contributed by atoms with van der Waals surface area (Å²) in [6.45, 7) is 0.450. The molecule has 1 aliphatic rings. The van der Waals surface area contributed by atoms with Crippen molar-refractivity contribution in [2.75, 3.05) is 24.6 Å². The van der Waals surface area contributed by atoms with Crippen LogP contribution in [0.25, 0.3) is 6.08 Å². The summed E-state index contributed by atoms with van der Waals surface area (Å²) >= 11 is 0. The Morgan fingerprint density at radius 1 is 1.15 bits per heavy atom. The number of ether oxygens (including phenoxy) is 1. The van der Waals surface area contributed by atoms with Crippen LogP contribution in [-0.2, 0) is 14.8 Å². The summed E-state index contributed by atoms with van der Waals surface area (Å²) in [6, 6.07) is 12.6. The van der Waals surface area contributed by atoms with Gasteiger partial charge in [0, 0.05) is 30.9 Å². The highest BCUT2D eigenvalue weighted by atomic mass is 32.2. The molecule has 0 radical (unpaired) electrons. The Kier molecular flexibility index (Phi) is 8.37. The number of halogens is 2. The molecule has 3 rings (SSSR count). The van der Waals surface area contributed by atoms with E-state index in [1.54, 1.807) is 11.6 Å². The fourth-order valence-corrected chi connectivity index (χ4v) is 4.82. The van der Waals surface area contributed by atoms with E-state index in [9.17, 15) is 22.0 Å². The lowest BCUT2D eigenvalue weighted by Gasteiger charge is -2.34. The molecular formula is C22H25F2N3O5S. The Bertz CT molecular complexity index is 1070. The number of nitrogens with zero attached hydrogens (tertiary/aromatic N) is 1. The first-order chi connectivity index (χ1) is 15.8. The van der Waals surface area contributed by atoms with Crippen LogP contribution in [-0.4, -0.2) is 51.7 Å². The van der Waals surface area contributed by atoms with Crippen molar-refractivity contribution < 1.29 is 31.9 Å². The van der Waals surface area contributed by atoms with Gasteiger partial charge in [-0.25, -0.2) is 27.4 Å². The second-order valence-electron chi connectivity index (χ2n) is 7.42. The van der Waals surface area contributed by atoms with Gasteiger partial charge in [-0.3, -0.25) is 10.0 Å². The molecule has 1 amide bonds. The quantitative estimate of drug-likeness (QED) is 0.289. The maximum atomic E-state index is 12.7. The molecule has 0 aromatic heterocycles. The van der Waals surface area contributed by atoms with Crippen LogP contribution in [0.3, 0.4) is 0 Å². The summed E-state index contributed by atoms with van der Waals surface area (Å²) in [4.78, 5) is 13.4. The number of amides is 1. The van der Waals surface area contributed by atoms with E-state index in [4.69, 9.17) is 9.94 Å². The molecule has 0 unspecified atom stereocenters. The third-order valence-corrected chi connectivity index (χ3v) is 6.67. The zero-order valence-corrected chi connectivity index (χ0v) is 18.5. The summed E-state index contributed by atoms with van der Waals surface area (Å²) in [7, 11) is -3.77. The monoisotopic (exact) mass is 481 g/mol. The molecule has 2 aromatic carbocycles. The normalized spacial score (nSPS) is 15.2. The van der Waals surface area contributed by atoms with E-state index in [-0.39, 0.29) is 16.7 Å². The Hall–Kier alpha value is -3.02. The molecular weight excluding hydrogens is 456 g/mol. The van der Waals surface area contributed by atoms with Gasteiger partial charge in [-0.05, 0) is 54.8 Å². The number of hydrogen-bond donors (Lipinski definition) is 3. The molecule has 178 valence electrons. The van der Waals surface area contributed by atoms with Crippen LogP contribution in [0.15, 0.2) is 59.5 Å². The van der Waals surface area contributed by atoms with Gasteiger partial charge < -0.3 is 9.64 Å². The Labute approximate surface area is 190 Å². The van der Waals surface area contributed by atoms with E-state index in [1.807, 2.05) is 24.3 Å². The second kappa shape index (κ2) is 11.2. The summed E-state index contributed by atoms with van der Waals surface area (Å²) in [5, 5.41) is 8.64. The van der Waals surface area contributed by atoms with Gasteiger partial charge in [0.1, 0.15) is 12.4 Å². The van der Waals surface area contributed by atoms with Gasteiger partial charge in [-0.15, -0.1) is 0 Å². The standard InChI is InChI=1S/C22H25F2N3O5S/c23-21(24)15-32-18-6-8-19(9-7-18)33(30,31)26-17-11-13-27(14-12-17)20-4-2-1-3-16(20)5-10-22(28)25-29/h1-10,17,21,26,29H,11-15H2,(H,25,28)/b10-5+. The average molecular weight is 482 g/mol. The number of carbonyl (C=O) groups is 1. The molecule has 0 spiro atoms. The molecule has 8 nitrogen and oxygen atoms in total. The zero-order valence-electron chi connectivity index (χ0n) is 17.7. The third-order valence-electron chi connectivity index (χ3n) is 5.13. The van der Waals surface area contributed by atoms with Crippen molar-refractivity contribution in [1.29, 1.82) is 0 Å². The molecule has 1 fully saturated rings. The fraction of sp³-hybridized carbons (Fsp3) is 0.318. The van der Waals surface area contributed by atoms with Crippen LogP contribution in [0.1, 0.15) is 18.4 Å². The molecule has 0 atom stereocenters. The first-order valence-electron chi connectivity index (χ1n) is 10.3. The summed E-state index contributed by atoms with van der Waals surface area (Å²) in [5.41, 5.74) is 3.25. The van der Waals surface area contributed by atoms with E-state index in [2.05, 4.69) is 9.62 Å². The molecule has 1 heterocycles. The Balaban J connectivity index is 1.59. The molecule has 0 saturated carbocycles. The smallest absolute Gasteiger partial charge is 0.272 e. The van der Waals surface area contributed by atoms with Crippen LogP contribution in [0.4, 0.5) is 14.5 Å². The van der Waals surface area contributed by atoms with Gasteiger partial charge in [0.15, 0.2) is 0 Å². The van der Waals surface area contributed by atoms with Crippen molar-refractivity contribution in [1.82, 2.24) is 10.2 Å². The van der Waals surface area contributed by atoms with Crippen LogP contribution in [0, 0.1) is 0 Å². The highest BCUT2D eigenvalue weighted by molar-refractivity contribution is 7.89. The van der Waals surface area contributed by atoms with E-state index in [0.717, 1.165) is 11.3 Å². The number of hydroxylamine groups is 1. The molecule has 3 N–H and O–H groups in total. The van der Waals surface area contributed by atoms with Crippen molar-refractivity contribution in [3.63, 3.8) is 0 Å². The lowest BCUT2D eigenvalue weighted by atomic mass is 10.0. The maximum absolute atomic E-state index is 12.7. The van der Waals surface area contributed by atoms with Crippen molar-refractivity contribution in [3.05, 3.63) is 60.2 Å². The number of piperidine rings is 1. The number of rotatable bonds is 9. The largest absolute Gasteiger partial charge is 0.488 e. The van der Waals surface area contributed by atoms with Gasteiger partial charge >= 0.3 is 0 Å². The van der Waals surface area contributed by atoms with Gasteiger partial charge in [0.2, 0.25) is 10.0 Å². The van der Waals surface area contributed by atoms with E-state index < -0.39 is 29.0 Å². The van der Waals surface area contributed by atoms with Gasteiger partial charge in [0.25, 0.3) is 12.3 Å². The van der Waals surface area contributed by atoms with Gasteiger partial charge in [0.05, 0.1) is 4.90 Å².